The van der Waals surface area contributed by atoms with E-state index in [4.69, 9.17) is 0 Å². The molecule has 4 rings (SSSR count). The zero-order chi connectivity index (χ0) is 14.9. The van der Waals surface area contributed by atoms with E-state index in [1.165, 1.54) is 59.4 Å². The molecule has 0 amide bonds. The molecule has 1 fully saturated rings. The molecule has 3 heteroatoms. The van der Waals surface area contributed by atoms with Crippen LogP contribution in [0.25, 0.3) is 10.9 Å². The topological polar surface area (TPSA) is 20.2 Å². The van der Waals surface area contributed by atoms with Crippen LogP contribution in [0.5, 0.6) is 0 Å². The molecule has 1 aromatic carbocycles. The predicted molar refractivity (Wildman–Crippen MR) is 93.7 cm³/mol. The van der Waals surface area contributed by atoms with Gasteiger partial charge < -0.3 is 9.88 Å². The molecule has 0 spiro atoms. The summed E-state index contributed by atoms with van der Waals surface area (Å²) in [6.45, 7) is 4.82. The molecule has 1 saturated heterocycles. The first-order valence-electron chi connectivity index (χ1n) is 8.30. The zero-order valence-corrected chi connectivity index (χ0v) is 13.9. The number of para-hydroxylation sites is 1. The summed E-state index contributed by atoms with van der Waals surface area (Å²) in [6, 6.07) is 13.8. The fourth-order valence-electron chi connectivity index (χ4n) is 3.97. The Labute approximate surface area is 135 Å². The van der Waals surface area contributed by atoms with Gasteiger partial charge in [-0.3, -0.25) is 0 Å². The second kappa shape index (κ2) is 5.90. The van der Waals surface area contributed by atoms with Crippen molar-refractivity contribution < 1.29 is 4.90 Å². The number of aromatic amines is 1. The number of benzene rings is 1. The first-order valence-corrected chi connectivity index (χ1v) is 9.18. The van der Waals surface area contributed by atoms with Crippen molar-refractivity contribution in [3.8, 4) is 0 Å². The van der Waals surface area contributed by atoms with Gasteiger partial charge in [-0.05, 0) is 43.7 Å². The minimum absolute atomic E-state index is 0.483. The van der Waals surface area contributed by atoms with Gasteiger partial charge in [-0.2, -0.15) is 0 Å². The number of likely N-dealkylation sites (tertiary alicyclic amines) is 1. The summed E-state index contributed by atoms with van der Waals surface area (Å²) >= 11 is 1.91. The Morgan fingerprint density at radius 1 is 1.05 bits per heavy atom. The summed E-state index contributed by atoms with van der Waals surface area (Å²) < 4.78 is 0. The molecule has 3 aromatic rings. The number of quaternary nitrogens is 1. The lowest BCUT2D eigenvalue weighted by Gasteiger charge is -2.31. The molecule has 0 radical (unpaired) electrons. The molecule has 0 aliphatic carbocycles. The van der Waals surface area contributed by atoms with Gasteiger partial charge in [0, 0.05) is 22.2 Å². The molecule has 1 atom stereocenters. The number of H-pyrrole nitrogens is 1. The fraction of sp³-hybridized carbons (Fsp3) is 0.368. The summed E-state index contributed by atoms with van der Waals surface area (Å²) in [7, 11) is 0. The third-order valence-electron chi connectivity index (χ3n) is 4.96. The highest BCUT2D eigenvalue weighted by Gasteiger charge is 2.31. The van der Waals surface area contributed by atoms with Crippen LogP contribution in [-0.4, -0.2) is 18.1 Å². The molecule has 2 aromatic heterocycles. The molecule has 1 aliphatic rings. The normalized spacial score (nSPS) is 17.9. The Morgan fingerprint density at radius 3 is 2.64 bits per heavy atom. The van der Waals surface area contributed by atoms with Crippen LogP contribution in [-0.2, 0) is 0 Å². The number of aryl methyl sites for hydroxylation is 1. The zero-order valence-electron chi connectivity index (χ0n) is 13.1. The number of hydrogen-bond donors (Lipinski definition) is 2. The highest BCUT2D eigenvalue weighted by molar-refractivity contribution is 7.10. The monoisotopic (exact) mass is 311 g/mol. The van der Waals surface area contributed by atoms with Crippen LogP contribution in [0.15, 0.2) is 41.8 Å². The smallest absolute Gasteiger partial charge is 0.150 e. The van der Waals surface area contributed by atoms with Gasteiger partial charge in [0.05, 0.1) is 18.0 Å². The fourth-order valence-corrected chi connectivity index (χ4v) is 4.86. The van der Waals surface area contributed by atoms with E-state index in [-0.39, 0.29) is 0 Å². The van der Waals surface area contributed by atoms with E-state index in [0.717, 1.165) is 0 Å². The first kappa shape index (κ1) is 14.0. The largest absolute Gasteiger partial charge is 0.358 e. The Bertz CT molecular complexity index is 751. The molecule has 2 nitrogen and oxygen atoms in total. The van der Waals surface area contributed by atoms with E-state index in [1.54, 1.807) is 4.90 Å². The molecular formula is C19H23N2S+. The van der Waals surface area contributed by atoms with Gasteiger partial charge in [-0.1, -0.05) is 24.3 Å². The number of hydrogen-bond acceptors (Lipinski definition) is 1. The molecule has 22 heavy (non-hydrogen) atoms. The van der Waals surface area contributed by atoms with E-state index in [1.807, 2.05) is 11.3 Å². The van der Waals surface area contributed by atoms with Crippen LogP contribution >= 0.6 is 11.3 Å². The second-order valence-corrected chi connectivity index (χ2v) is 7.36. The lowest BCUT2D eigenvalue weighted by atomic mass is 9.97. The highest BCUT2D eigenvalue weighted by Crippen LogP contribution is 2.32. The Morgan fingerprint density at radius 2 is 1.86 bits per heavy atom. The Balaban J connectivity index is 1.87. The van der Waals surface area contributed by atoms with Crippen LogP contribution in [0.3, 0.4) is 0 Å². The van der Waals surface area contributed by atoms with Gasteiger partial charge in [-0.25, -0.2) is 0 Å². The average molecular weight is 311 g/mol. The van der Waals surface area contributed by atoms with Crippen molar-refractivity contribution in [1.82, 2.24) is 4.98 Å². The molecule has 2 N–H and O–H groups in total. The second-order valence-electron chi connectivity index (χ2n) is 6.38. The molecule has 0 bridgehead atoms. The van der Waals surface area contributed by atoms with Crippen LogP contribution in [0.4, 0.5) is 0 Å². The third kappa shape index (κ3) is 2.38. The van der Waals surface area contributed by atoms with Gasteiger partial charge in [0.25, 0.3) is 0 Å². The van der Waals surface area contributed by atoms with Crippen molar-refractivity contribution >= 4 is 22.2 Å². The molecular weight excluding hydrogens is 288 g/mol. The lowest BCUT2D eigenvalue weighted by molar-refractivity contribution is -0.929. The van der Waals surface area contributed by atoms with Crippen molar-refractivity contribution in [2.45, 2.75) is 32.2 Å². The lowest BCUT2D eigenvalue weighted by Crippen LogP contribution is -3.13. The minimum Gasteiger partial charge on any atom is -0.358 e. The number of thiophene rings is 1. The van der Waals surface area contributed by atoms with Crippen molar-refractivity contribution in [2.75, 3.05) is 13.1 Å². The quantitative estimate of drug-likeness (QED) is 0.736. The average Bonchev–Trinajstić information content (AvgIpc) is 3.18. The summed E-state index contributed by atoms with van der Waals surface area (Å²) in [5.41, 5.74) is 4.11. The van der Waals surface area contributed by atoms with E-state index in [9.17, 15) is 0 Å². The SMILES string of the molecule is Cc1[nH]c2ccccc2c1[C@H](c1cccs1)[NH+]1CCCCC1. The number of rotatable bonds is 3. The summed E-state index contributed by atoms with van der Waals surface area (Å²) in [4.78, 5) is 6.84. The van der Waals surface area contributed by atoms with Crippen molar-refractivity contribution in [3.05, 3.63) is 57.9 Å². The molecule has 3 heterocycles. The number of fused-ring (bicyclic) bond motifs is 1. The first-order chi connectivity index (χ1) is 10.8. The van der Waals surface area contributed by atoms with Crippen LogP contribution in [0.2, 0.25) is 0 Å². The minimum atomic E-state index is 0.483. The summed E-state index contributed by atoms with van der Waals surface area (Å²) in [5, 5.41) is 3.62. The van der Waals surface area contributed by atoms with Gasteiger partial charge in [-0.15, -0.1) is 11.3 Å². The van der Waals surface area contributed by atoms with Crippen molar-refractivity contribution in [2.24, 2.45) is 0 Å². The summed E-state index contributed by atoms with van der Waals surface area (Å²) in [5.74, 6) is 0. The van der Waals surface area contributed by atoms with E-state index in [2.05, 4.69) is 53.7 Å². The number of aromatic nitrogens is 1. The molecule has 0 saturated carbocycles. The van der Waals surface area contributed by atoms with Gasteiger partial charge >= 0.3 is 0 Å². The third-order valence-corrected chi connectivity index (χ3v) is 5.90. The standard InChI is InChI=1S/C19H22N2S/c1-14-18(15-8-3-4-9-16(15)20-14)19(17-10-7-13-22-17)21-11-5-2-6-12-21/h3-4,7-10,13,19-20H,2,5-6,11-12H2,1H3/p+1/t19-/m0/s1. The van der Waals surface area contributed by atoms with Crippen molar-refractivity contribution in [1.29, 1.82) is 0 Å². The highest BCUT2D eigenvalue weighted by atomic mass is 32.1. The van der Waals surface area contributed by atoms with E-state index < -0.39 is 0 Å². The maximum absolute atomic E-state index is 3.60. The maximum atomic E-state index is 3.60. The Hall–Kier alpha value is -1.58. The van der Waals surface area contributed by atoms with Gasteiger partial charge in [0.2, 0.25) is 0 Å². The van der Waals surface area contributed by atoms with Crippen LogP contribution < -0.4 is 4.90 Å². The Kier molecular flexibility index (Phi) is 3.77. The van der Waals surface area contributed by atoms with Crippen molar-refractivity contribution in [3.63, 3.8) is 0 Å². The van der Waals surface area contributed by atoms with E-state index >= 15 is 0 Å². The molecule has 0 unspecified atom stereocenters. The van der Waals surface area contributed by atoms with Crippen LogP contribution in [0, 0.1) is 6.92 Å². The van der Waals surface area contributed by atoms with Gasteiger partial charge in [0.15, 0.2) is 6.04 Å². The van der Waals surface area contributed by atoms with Gasteiger partial charge in [0.1, 0.15) is 0 Å². The molecule has 1 aliphatic heterocycles. The van der Waals surface area contributed by atoms with E-state index in [0.29, 0.717) is 6.04 Å². The van der Waals surface area contributed by atoms with Crippen LogP contribution in [0.1, 0.15) is 41.4 Å². The number of nitrogens with one attached hydrogen (secondary N) is 2. The maximum Gasteiger partial charge on any atom is 0.150 e. The number of piperidine rings is 1. The molecule has 114 valence electrons. The summed E-state index contributed by atoms with van der Waals surface area (Å²) in [6.07, 6.45) is 4.12. The predicted octanol–water partition coefficient (Wildman–Crippen LogP) is 3.70.